The van der Waals surface area contributed by atoms with E-state index in [0.717, 1.165) is 4.47 Å². The SMILES string of the molecule is CCOC(=O)CC(O)c1cccc(Br)c1. The second-order valence-corrected chi connectivity index (χ2v) is 4.00. The molecule has 0 fully saturated rings. The summed E-state index contributed by atoms with van der Waals surface area (Å²) in [6, 6.07) is 7.23. The van der Waals surface area contributed by atoms with Crippen LogP contribution in [0.3, 0.4) is 0 Å². The topological polar surface area (TPSA) is 46.5 Å². The average Bonchev–Trinajstić information content (AvgIpc) is 2.18. The van der Waals surface area contributed by atoms with Crippen LogP contribution in [0.4, 0.5) is 0 Å². The molecule has 1 unspecified atom stereocenters. The summed E-state index contributed by atoms with van der Waals surface area (Å²) in [5, 5.41) is 9.72. The monoisotopic (exact) mass is 272 g/mol. The molecule has 0 bridgehead atoms. The molecule has 1 atom stereocenters. The van der Waals surface area contributed by atoms with Crippen LogP contribution in [0.15, 0.2) is 28.7 Å². The van der Waals surface area contributed by atoms with Gasteiger partial charge in [-0.3, -0.25) is 4.79 Å². The largest absolute Gasteiger partial charge is 0.466 e. The van der Waals surface area contributed by atoms with Gasteiger partial charge in [0, 0.05) is 4.47 Å². The number of hydrogen-bond donors (Lipinski definition) is 1. The molecule has 4 heteroatoms. The fourth-order valence-corrected chi connectivity index (χ4v) is 1.63. The summed E-state index contributed by atoms with van der Waals surface area (Å²) in [7, 11) is 0. The second-order valence-electron chi connectivity index (χ2n) is 3.08. The first-order valence-corrected chi connectivity index (χ1v) is 5.52. The van der Waals surface area contributed by atoms with Crippen LogP contribution < -0.4 is 0 Å². The van der Waals surface area contributed by atoms with Gasteiger partial charge in [0.1, 0.15) is 0 Å². The molecule has 1 rings (SSSR count). The highest BCUT2D eigenvalue weighted by Gasteiger charge is 2.13. The van der Waals surface area contributed by atoms with Crippen LogP contribution in [0.1, 0.15) is 25.0 Å². The van der Waals surface area contributed by atoms with Crippen molar-refractivity contribution in [2.24, 2.45) is 0 Å². The number of aliphatic hydroxyl groups excluding tert-OH is 1. The van der Waals surface area contributed by atoms with Crippen LogP contribution in [0.5, 0.6) is 0 Å². The van der Waals surface area contributed by atoms with Crippen molar-refractivity contribution in [1.29, 1.82) is 0 Å². The average molecular weight is 273 g/mol. The lowest BCUT2D eigenvalue weighted by molar-refractivity contribution is -0.145. The second kappa shape index (κ2) is 5.88. The molecule has 1 aromatic rings. The van der Waals surface area contributed by atoms with Gasteiger partial charge in [-0.2, -0.15) is 0 Å². The number of esters is 1. The normalized spacial score (nSPS) is 12.2. The maximum atomic E-state index is 11.1. The number of ether oxygens (including phenoxy) is 1. The molecule has 0 aliphatic carbocycles. The Balaban J connectivity index is 2.60. The molecule has 1 N–H and O–H groups in total. The maximum Gasteiger partial charge on any atom is 0.308 e. The Morgan fingerprint density at radius 1 is 1.60 bits per heavy atom. The predicted molar refractivity (Wildman–Crippen MR) is 60.4 cm³/mol. The van der Waals surface area contributed by atoms with E-state index in [2.05, 4.69) is 15.9 Å². The van der Waals surface area contributed by atoms with E-state index >= 15 is 0 Å². The van der Waals surface area contributed by atoms with Gasteiger partial charge in [-0.25, -0.2) is 0 Å². The first-order valence-electron chi connectivity index (χ1n) is 4.72. The molecule has 15 heavy (non-hydrogen) atoms. The smallest absolute Gasteiger partial charge is 0.308 e. The first kappa shape index (κ1) is 12.2. The molecule has 0 amide bonds. The Hall–Kier alpha value is -0.870. The molecule has 0 heterocycles. The molecule has 0 aliphatic rings. The fraction of sp³-hybridized carbons (Fsp3) is 0.364. The van der Waals surface area contributed by atoms with Crippen molar-refractivity contribution in [3.05, 3.63) is 34.3 Å². The molecular weight excluding hydrogens is 260 g/mol. The quantitative estimate of drug-likeness (QED) is 0.857. The van der Waals surface area contributed by atoms with E-state index < -0.39 is 6.10 Å². The molecule has 1 aromatic carbocycles. The Kier molecular flexibility index (Phi) is 4.78. The number of hydrogen-bond acceptors (Lipinski definition) is 3. The minimum atomic E-state index is -0.804. The van der Waals surface area contributed by atoms with Crippen LogP contribution >= 0.6 is 15.9 Å². The third kappa shape index (κ3) is 4.01. The number of carbonyl (C=O) groups is 1. The van der Waals surface area contributed by atoms with E-state index in [1.807, 2.05) is 12.1 Å². The zero-order valence-corrected chi connectivity index (χ0v) is 10.0. The molecule has 0 saturated carbocycles. The summed E-state index contributed by atoms with van der Waals surface area (Å²) in [4.78, 5) is 11.1. The highest BCUT2D eigenvalue weighted by molar-refractivity contribution is 9.10. The third-order valence-electron chi connectivity index (χ3n) is 1.90. The van der Waals surface area contributed by atoms with Crippen molar-refractivity contribution in [1.82, 2.24) is 0 Å². The van der Waals surface area contributed by atoms with Crippen molar-refractivity contribution < 1.29 is 14.6 Å². The zero-order valence-electron chi connectivity index (χ0n) is 8.44. The van der Waals surface area contributed by atoms with Gasteiger partial charge in [-0.1, -0.05) is 28.1 Å². The fourth-order valence-electron chi connectivity index (χ4n) is 1.21. The van der Waals surface area contributed by atoms with Gasteiger partial charge in [-0.05, 0) is 24.6 Å². The van der Waals surface area contributed by atoms with Crippen LogP contribution in [-0.4, -0.2) is 17.7 Å². The number of benzene rings is 1. The Morgan fingerprint density at radius 2 is 2.33 bits per heavy atom. The van der Waals surface area contributed by atoms with E-state index in [4.69, 9.17) is 4.74 Å². The first-order chi connectivity index (χ1) is 7.13. The van der Waals surface area contributed by atoms with Crippen LogP contribution in [0.25, 0.3) is 0 Å². The van der Waals surface area contributed by atoms with Crippen LogP contribution in [0.2, 0.25) is 0 Å². The van der Waals surface area contributed by atoms with Gasteiger partial charge < -0.3 is 9.84 Å². The van der Waals surface area contributed by atoms with Crippen molar-refractivity contribution >= 4 is 21.9 Å². The summed E-state index contributed by atoms with van der Waals surface area (Å²) < 4.78 is 5.63. The van der Waals surface area contributed by atoms with Crippen molar-refractivity contribution in [2.75, 3.05) is 6.61 Å². The van der Waals surface area contributed by atoms with E-state index in [1.165, 1.54) is 0 Å². The lowest BCUT2D eigenvalue weighted by Gasteiger charge is -2.10. The number of aliphatic hydroxyl groups is 1. The van der Waals surface area contributed by atoms with Crippen LogP contribution in [-0.2, 0) is 9.53 Å². The highest BCUT2D eigenvalue weighted by Crippen LogP contribution is 2.20. The van der Waals surface area contributed by atoms with Gasteiger partial charge in [0.2, 0.25) is 0 Å². The molecule has 82 valence electrons. The zero-order chi connectivity index (χ0) is 11.3. The van der Waals surface area contributed by atoms with Gasteiger partial charge in [0.05, 0.1) is 19.1 Å². The van der Waals surface area contributed by atoms with E-state index in [-0.39, 0.29) is 12.4 Å². The Labute approximate surface area is 97.2 Å². The van der Waals surface area contributed by atoms with Crippen molar-refractivity contribution in [3.8, 4) is 0 Å². The molecule has 0 aromatic heterocycles. The number of carbonyl (C=O) groups excluding carboxylic acids is 1. The van der Waals surface area contributed by atoms with Crippen molar-refractivity contribution in [2.45, 2.75) is 19.4 Å². The molecule has 0 spiro atoms. The highest BCUT2D eigenvalue weighted by atomic mass is 79.9. The lowest BCUT2D eigenvalue weighted by Crippen LogP contribution is -2.09. The van der Waals surface area contributed by atoms with E-state index in [9.17, 15) is 9.90 Å². The number of rotatable bonds is 4. The van der Waals surface area contributed by atoms with Gasteiger partial charge >= 0.3 is 5.97 Å². The lowest BCUT2D eigenvalue weighted by atomic mass is 10.1. The maximum absolute atomic E-state index is 11.1. The van der Waals surface area contributed by atoms with E-state index in [1.54, 1.807) is 19.1 Å². The molecule has 3 nitrogen and oxygen atoms in total. The van der Waals surface area contributed by atoms with Gasteiger partial charge in [0.15, 0.2) is 0 Å². The third-order valence-corrected chi connectivity index (χ3v) is 2.39. The molecule has 0 aliphatic heterocycles. The Bertz CT molecular complexity index is 338. The number of halogens is 1. The van der Waals surface area contributed by atoms with Crippen molar-refractivity contribution in [3.63, 3.8) is 0 Å². The molecule has 0 radical (unpaired) electrons. The summed E-state index contributed by atoms with van der Waals surface area (Å²) >= 11 is 3.30. The van der Waals surface area contributed by atoms with Gasteiger partial charge in [0.25, 0.3) is 0 Å². The summed E-state index contributed by atoms with van der Waals surface area (Å²) in [6.07, 6.45) is -0.814. The predicted octanol–water partition coefficient (Wildman–Crippen LogP) is 2.44. The van der Waals surface area contributed by atoms with E-state index in [0.29, 0.717) is 12.2 Å². The Morgan fingerprint density at radius 3 is 2.93 bits per heavy atom. The minimum Gasteiger partial charge on any atom is -0.466 e. The standard InChI is InChI=1S/C11H13BrO3/c1-2-15-11(14)7-10(13)8-4-3-5-9(12)6-8/h3-6,10,13H,2,7H2,1H3. The summed E-state index contributed by atoms with van der Waals surface area (Å²) in [5.41, 5.74) is 0.706. The minimum absolute atomic E-state index is 0.00963. The van der Waals surface area contributed by atoms with Crippen LogP contribution in [0, 0.1) is 0 Å². The molecular formula is C11H13BrO3. The van der Waals surface area contributed by atoms with Gasteiger partial charge in [-0.15, -0.1) is 0 Å². The molecule has 0 saturated heterocycles. The summed E-state index contributed by atoms with van der Waals surface area (Å²) in [6.45, 7) is 2.08. The summed E-state index contributed by atoms with van der Waals surface area (Å²) in [5.74, 6) is -0.384.